The lowest BCUT2D eigenvalue weighted by molar-refractivity contribution is 0.907. The molecule has 0 radical (unpaired) electrons. The van der Waals surface area contributed by atoms with Crippen molar-refractivity contribution in [2.45, 2.75) is 6.92 Å². The van der Waals surface area contributed by atoms with E-state index in [2.05, 4.69) is 124 Å². The molecule has 0 bridgehead atoms. The van der Waals surface area contributed by atoms with E-state index in [9.17, 15) is 0 Å². The summed E-state index contributed by atoms with van der Waals surface area (Å²) >= 11 is 0. The normalized spacial score (nSPS) is 11.7. The van der Waals surface area contributed by atoms with Gasteiger partial charge >= 0.3 is 0 Å². The number of aromatic nitrogens is 5. The molecule has 6 aromatic carbocycles. The van der Waals surface area contributed by atoms with E-state index in [0.29, 0.717) is 17.6 Å². The van der Waals surface area contributed by atoms with Gasteiger partial charge in [0.25, 0.3) is 0 Å². The van der Waals surface area contributed by atoms with Crippen molar-refractivity contribution in [3.8, 4) is 34.2 Å². The monoisotopic (exact) mass is 577 g/mol. The largest absolute Gasteiger partial charge is 0.309 e. The quantitative estimate of drug-likeness (QED) is 0.209. The smallest absolute Gasteiger partial charge is 0.238 e. The molecule has 45 heavy (non-hydrogen) atoms. The third kappa shape index (κ3) is 3.98. The van der Waals surface area contributed by atoms with Crippen LogP contribution in [-0.4, -0.2) is 24.1 Å². The summed E-state index contributed by atoms with van der Waals surface area (Å²) in [5.41, 5.74) is 8.89. The second-order valence-electron chi connectivity index (χ2n) is 11.3. The Balaban J connectivity index is 1.34. The first-order chi connectivity index (χ1) is 22.2. The van der Waals surface area contributed by atoms with Crippen LogP contribution in [0.1, 0.15) is 5.82 Å². The van der Waals surface area contributed by atoms with E-state index < -0.39 is 0 Å². The molecule has 0 saturated heterocycles. The number of hydrogen-bond acceptors (Lipinski definition) is 3. The van der Waals surface area contributed by atoms with Crippen LogP contribution in [0.2, 0.25) is 0 Å². The fraction of sp³-hybridized carbons (Fsp3) is 0.0250. The van der Waals surface area contributed by atoms with Gasteiger partial charge in [-0.3, -0.25) is 4.57 Å². The molecule has 0 fully saturated rings. The minimum absolute atomic E-state index is 0.613. The molecule has 3 heterocycles. The first kappa shape index (κ1) is 25.4. The zero-order valence-corrected chi connectivity index (χ0v) is 24.6. The molecule has 9 rings (SSSR count). The summed E-state index contributed by atoms with van der Waals surface area (Å²) < 4.78 is 4.56. The lowest BCUT2D eigenvalue weighted by Crippen LogP contribution is -2.06. The average molecular weight is 578 g/mol. The Morgan fingerprint density at radius 2 is 1.07 bits per heavy atom. The minimum Gasteiger partial charge on any atom is -0.309 e. The number of benzene rings is 6. The van der Waals surface area contributed by atoms with E-state index in [-0.39, 0.29) is 0 Å². The third-order valence-corrected chi connectivity index (χ3v) is 8.66. The summed E-state index contributed by atoms with van der Waals surface area (Å²) in [6, 6.07) is 51.2. The van der Waals surface area contributed by atoms with Gasteiger partial charge in [0.05, 0.1) is 22.1 Å². The summed E-state index contributed by atoms with van der Waals surface area (Å²) in [6.07, 6.45) is 0. The van der Waals surface area contributed by atoms with E-state index in [1.807, 2.05) is 37.3 Å². The van der Waals surface area contributed by atoms with Crippen molar-refractivity contribution in [2.75, 3.05) is 0 Å². The van der Waals surface area contributed by atoms with Crippen molar-refractivity contribution in [2.24, 2.45) is 0 Å². The Labute approximate surface area is 259 Å². The Kier molecular flexibility index (Phi) is 5.65. The van der Waals surface area contributed by atoms with Crippen LogP contribution in [-0.2, 0) is 0 Å². The molecule has 212 valence electrons. The summed E-state index contributed by atoms with van der Waals surface area (Å²) in [7, 11) is 0. The maximum Gasteiger partial charge on any atom is 0.238 e. The molecule has 0 saturated carbocycles. The number of fused-ring (bicyclic) bond motifs is 6. The van der Waals surface area contributed by atoms with E-state index in [4.69, 9.17) is 15.0 Å². The number of rotatable bonds is 4. The van der Waals surface area contributed by atoms with Gasteiger partial charge in [-0.2, -0.15) is 9.97 Å². The van der Waals surface area contributed by atoms with Gasteiger partial charge in [0, 0.05) is 38.4 Å². The van der Waals surface area contributed by atoms with E-state index in [1.54, 1.807) is 0 Å². The standard InChI is InChI=1S/C40H27N5/c1-26-41-39(27-13-4-2-5-14-27)43-40(42-26)45-36-22-11-8-17-31(36)33-20-12-19-30(38(33)45)28-23-24-37-34(25-28)32-18-9-10-21-35(32)44(37)29-15-6-3-7-16-29/h2-25H,1H3. The fourth-order valence-corrected chi connectivity index (χ4v) is 6.74. The van der Waals surface area contributed by atoms with Gasteiger partial charge in [-0.1, -0.05) is 109 Å². The molecule has 0 aliphatic rings. The Bertz CT molecular complexity index is 2540. The summed E-state index contributed by atoms with van der Waals surface area (Å²) in [5.74, 6) is 1.95. The van der Waals surface area contributed by atoms with Gasteiger partial charge in [0.2, 0.25) is 5.95 Å². The molecule has 3 aromatic heterocycles. The molecule has 0 aliphatic heterocycles. The molecule has 5 nitrogen and oxygen atoms in total. The maximum atomic E-state index is 5.05. The van der Waals surface area contributed by atoms with Crippen LogP contribution in [0.4, 0.5) is 0 Å². The van der Waals surface area contributed by atoms with Gasteiger partial charge in [0.1, 0.15) is 5.82 Å². The fourth-order valence-electron chi connectivity index (χ4n) is 6.74. The highest BCUT2D eigenvalue weighted by Gasteiger charge is 2.20. The highest BCUT2D eigenvalue weighted by Crippen LogP contribution is 2.40. The van der Waals surface area contributed by atoms with Crippen LogP contribution < -0.4 is 0 Å². The first-order valence-corrected chi connectivity index (χ1v) is 15.1. The van der Waals surface area contributed by atoms with E-state index in [0.717, 1.165) is 44.2 Å². The Morgan fingerprint density at radius 3 is 1.84 bits per heavy atom. The van der Waals surface area contributed by atoms with Crippen LogP contribution in [0.3, 0.4) is 0 Å². The van der Waals surface area contributed by atoms with Crippen molar-refractivity contribution in [1.82, 2.24) is 24.1 Å². The third-order valence-electron chi connectivity index (χ3n) is 8.66. The summed E-state index contributed by atoms with van der Waals surface area (Å²) in [5, 5.41) is 4.77. The van der Waals surface area contributed by atoms with Crippen molar-refractivity contribution < 1.29 is 0 Å². The zero-order chi connectivity index (χ0) is 29.9. The van der Waals surface area contributed by atoms with Crippen molar-refractivity contribution >= 4 is 43.6 Å². The van der Waals surface area contributed by atoms with Crippen molar-refractivity contribution in [3.05, 3.63) is 151 Å². The lowest BCUT2D eigenvalue weighted by atomic mass is 10.00. The Hall–Kier alpha value is -6.07. The average Bonchev–Trinajstić information content (AvgIpc) is 3.62. The zero-order valence-electron chi connectivity index (χ0n) is 24.6. The predicted molar refractivity (Wildman–Crippen MR) is 184 cm³/mol. The molecular weight excluding hydrogens is 550 g/mol. The number of para-hydroxylation sites is 4. The molecule has 0 aliphatic carbocycles. The molecule has 0 spiro atoms. The van der Waals surface area contributed by atoms with Crippen LogP contribution in [0.15, 0.2) is 146 Å². The van der Waals surface area contributed by atoms with Gasteiger partial charge in [0.15, 0.2) is 5.82 Å². The number of hydrogen-bond donors (Lipinski definition) is 0. The predicted octanol–water partition coefficient (Wildman–Crippen LogP) is 9.71. The number of aryl methyl sites for hydroxylation is 1. The molecule has 0 unspecified atom stereocenters. The van der Waals surface area contributed by atoms with Crippen LogP contribution >= 0.6 is 0 Å². The highest BCUT2D eigenvalue weighted by molar-refractivity contribution is 6.15. The van der Waals surface area contributed by atoms with E-state index >= 15 is 0 Å². The Morgan fingerprint density at radius 1 is 0.444 bits per heavy atom. The van der Waals surface area contributed by atoms with Gasteiger partial charge < -0.3 is 4.57 Å². The molecule has 0 N–H and O–H groups in total. The van der Waals surface area contributed by atoms with Gasteiger partial charge in [-0.05, 0) is 48.9 Å². The first-order valence-electron chi connectivity index (χ1n) is 15.1. The summed E-state index contributed by atoms with van der Waals surface area (Å²) in [6.45, 7) is 1.93. The molecule has 0 amide bonds. The SMILES string of the molecule is Cc1nc(-c2ccccc2)nc(-n2c3ccccc3c3cccc(-c4ccc5c(c4)c4ccccc4n5-c4ccccc4)c32)n1. The van der Waals surface area contributed by atoms with E-state index in [1.165, 1.54) is 21.8 Å². The maximum absolute atomic E-state index is 5.05. The molecular formula is C40H27N5. The van der Waals surface area contributed by atoms with Crippen LogP contribution in [0.25, 0.3) is 77.8 Å². The van der Waals surface area contributed by atoms with Crippen LogP contribution in [0, 0.1) is 6.92 Å². The highest BCUT2D eigenvalue weighted by atomic mass is 15.2. The van der Waals surface area contributed by atoms with Crippen molar-refractivity contribution in [3.63, 3.8) is 0 Å². The van der Waals surface area contributed by atoms with Crippen molar-refractivity contribution in [1.29, 1.82) is 0 Å². The minimum atomic E-state index is 0.613. The van der Waals surface area contributed by atoms with Gasteiger partial charge in [-0.25, -0.2) is 4.98 Å². The van der Waals surface area contributed by atoms with Crippen LogP contribution in [0.5, 0.6) is 0 Å². The molecule has 0 atom stereocenters. The molecule has 5 heteroatoms. The second-order valence-corrected chi connectivity index (χ2v) is 11.3. The summed E-state index contributed by atoms with van der Waals surface area (Å²) in [4.78, 5) is 14.7. The topological polar surface area (TPSA) is 48.5 Å². The lowest BCUT2D eigenvalue weighted by Gasteiger charge is -2.12. The second kappa shape index (κ2) is 10.00. The van der Waals surface area contributed by atoms with Gasteiger partial charge in [-0.15, -0.1) is 0 Å². The number of nitrogens with zero attached hydrogens (tertiary/aromatic N) is 5. The molecule has 9 aromatic rings.